The van der Waals surface area contributed by atoms with E-state index in [1.165, 1.54) is 0 Å². The zero-order chi connectivity index (χ0) is 29.8. The van der Waals surface area contributed by atoms with Crippen LogP contribution in [0, 0.1) is 0 Å². The summed E-state index contributed by atoms with van der Waals surface area (Å²) in [6.07, 6.45) is 0. The van der Waals surface area contributed by atoms with E-state index in [0.29, 0.717) is 34.4 Å². The minimum atomic E-state index is -3.68. The molecule has 43 heavy (non-hydrogen) atoms. The SMILES string of the molecule is Nc1ccc(Oc2ccc(-c3ccc(S(=O)(=O)c4ccc(-c5ccc(Oc6ccc(N)cc6)cc5)cc4)cc3)cc2)cc1. The van der Waals surface area contributed by atoms with Gasteiger partial charge in [-0.25, -0.2) is 8.42 Å². The van der Waals surface area contributed by atoms with Crippen molar-refractivity contribution >= 4 is 21.2 Å². The zero-order valence-corrected chi connectivity index (χ0v) is 23.9. The highest BCUT2D eigenvalue weighted by Crippen LogP contribution is 2.31. The third-order valence-electron chi connectivity index (χ3n) is 6.94. The molecule has 6 aromatic carbocycles. The van der Waals surface area contributed by atoms with Crippen molar-refractivity contribution in [2.75, 3.05) is 11.5 Å². The molecule has 212 valence electrons. The van der Waals surface area contributed by atoms with Crippen LogP contribution in [0.15, 0.2) is 155 Å². The first kappa shape index (κ1) is 27.6. The molecule has 0 atom stereocenters. The topological polar surface area (TPSA) is 105 Å². The third-order valence-corrected chi connectivity index (χ3v) is 8.72. The summed E-state index contributed by atoms with van der Waals surface area (Å²) in [5.74, 6) is 2.78. The molecule has 4 N–H and O–H groups in total. The molecule has 7 heteroatoms. The minimum Gasteiger partial charge on any atom is -0.457 e. The van der Waals surface area contributed by atoms with E-state index in [0.717, 1.165) is 22.3 Å². The smallest absolute Gasteiger partial charge is 0.206 e. The Morgan fingerprint density at radius 1 is 0.349 bits per heavy atom. The summed E-state index contributed by atoms with van der Waals surface area (Å²) in [5.41, 5.74) is 16.5. The largest absolute Gasteiger partial charge is 0.457 e. The van der Waals surface area contributed by atoms with Crippen molar-refractivity contribution in [3.8, 4) is 45.3 Å². The van der Waals surface area contributed by atoms with Gasteiger partial charge in [0.25, 0.3) is 0 Å². The van der Waals surface area contributed by atoms with Crippen molar-refractivity contribution in [2.24, 2.45) is 0 Å². The van der Waals surface area contributed by atoms with E-state index >= 15 is 0 Å². The van der Waals surface area contributed by atoms with Crippen molar-refractivity contribution in [1.29, 1.82) is 0 Å². The third kappa shape index (κ3) is 6.37. The number of nitrogen functional groups attached to an aromatic ring is 2. The Morgan fingerprint density at radius 2 is 0.581 bits per heavy atom. The van der Waals surface area contributed by atoms with Crippen LogP contribution in [0.1, 0.15) is 0 Å². The molecule has 0 radical (unpaired) electrons. The van der Waals surface area contributed by atoms with Crippen LogP contribution >= 0.6 is 0 Å². The molecule has 0 aliphatic rings. The van der Waals surface area contributed by atoms with Gasteiger partial charge in [0.05, 0.1) is 9.79 Å². The summed E-state index contributed by atoms with van der Waals surface area (Å²) in [6, 6.07) is 43.4. The highest BCUT2D eigenvalue weighted by atomic mass is 32.2. The van der Waals surface area contributed by atoms with Crippen molar-refractivity contribution in [3.05, 3.63) is 146 Å². The number of sulfone groups is 1. The molecule has 0 saturated heterocycles. The maximum atomic E-state index is 13.4. The normalized spacial score (nSPS) is 11.2. The van der Waals surface area contributed by atoms with E-state index in [1.54, 1.807) is 48.5 Å². The molecule has 0 heterocycles. The Morgan fingerprint density at radius 3 is 0.860 bits per heavy atom. The predicted octanol–water partition coefficient (Wildman–Crippen LogP) is 8.60. The molecule has 0 saturated carbocycles. The van der Waals surface area contributed by atoms with Gasteiger partial charge in [0.15, 0.2) is 0 Å². The molecule has 0 unspecified atom stereocenters. The molecular formula is C36H28N2O4S. The fourth-order valence-electron chi connectivity index (χ4n) is 4.56. The second-order valence-corrected chi connectivity index (χ2v) is 11.9. The van der Waals surface area contributed by atoms with Crippen molar-refractivity contribution in [1.82, 2.24) is 0 Å². The van der Waals surface area contributed by atoms with E-state index < -0.39 is 9.84 Å². The monoisotopic (exact) mass is 584 g/mol. The fourth-order valence-corrected chi connectivity index (χ4v) is 5.82. The van der Waals surface area contributed by atoms with Crippen molar-refractivity contribution in [2.45, 2.75) is 9.79 Å². The molecule has 0 fully saturated rings. The van der Waals surface area contributed by atoms with E-state index in [9.17, 15) is 8.42 Å². The van der Waals surface area contributed by atoms with Crippen molar-refractivity contribution in [3.63, 3.8) is 0 Å². The van der Waals surface area contributed by atoms with E-state index in [2.05, 4.69) is 0 Å². The van der Waals surface area contributed by atoms with E-state index in [1.807, 2.05) is 97.1 Å². The first-order valence-corrected chi connectivity index (χ1v) is 15.0. The van der Waals surface area contributed by atoms with Gasteiger partial charge in [0.1, 0.15) is 23.0 Å². The van der Waals surface area contributed by atoms with Crippen LogP contribution in [-0.2, 0) is 9.84 Å². The lowest BCUT2D eigenvalue weighted by atomic mass is 10.1. The number of rotatable bonds is 8. The quantitative estimate of drug-likeness (QED) is 0.174. The summed E-state index contributed by atoms with van der Waals surface area (Å²) in [4.78, 5) is 0.466. The highest BCUT2D eigenvalue weighted by Gasteiger charge is 2.18. The van der Waals surface area contributed by atoms with Gasteiger partial charge in [-0.15, -0.1) is 0 Å². The summed E-state index contributed by atoms with van der Waals surface area (Å²) in [5, 5.41) is 0. The lowest BCUT2D eigenvalue weighted by molar-refractivity contribution is 0.482. The van der Waals surface area contributed by atoms with Crippen LogP contribution in [0.5, 0.6) is 23.0 Å². The number of hydrogen-bond donors (Lipinski definition) is 2. The molecule has 0 aliphatic heterocycles. The lowest BCUT2D eigenvalue weighted by Gasteiger charge is -2.10. The Labute approximate surface area is 250 Å². The van der Waals surface area contributed by atoms with Gasteiger partial charge in [-0.2, -0.15) is 0 Å². The van der Waals surface area contributed by atoms with Crippen LogP contribution in [0.4, 0.5) is 11.4 Å². The summed E-state index contributed by atoms with van der Waals surface area (Å²) in [6.45, 7) is 0. The number of anilines is 2. The number of ether oxygens (including phenoxy) is 2. The molecule has 0 amide bonds. The van der Waals surface area contributed by atoms with Gasteiger partial charge < -0.3 is 20.9 Å². The van der Waals surface area contributed by atoms with Crippen LogP contribution in [-0.4, -0.2) is 8.42 Å². The molecule has 0 aromatic heterocycles. The fraction of sp³-hybridized carbons (Fsp3) is 0. The van der Waals surface area contributed by atoms with E-state index in [-0.39, 0.29) is 9.79 Å². The van der Waals surface area contributed by atoms with Gasteiger partial charge >= 0.3 is 0 Å². The number of benzene rings is 6. The summed E-state index contributed by atoms with van der Waals surface area (Å²) in [7, 11) is -3.68. The standard InChI is InChI=1S/C36H28N2O4S/c37-29-9-17-33(18-10-29)41-31-13-1-25(2-14-31)27-5-21-35(22-6-27)43(39,40)36-23-7-28(8-24-36)26-3-15-32(16-4-26)42-34-19-11-30(38)12-20-34/h1-24H,37-38H2. The molecule has 0 spiro atoms. The lowest BCUT2D eigenvalue weighted by Crippen LogP contribution is -2.01. The minimum absolute atomic E-state index is 0.233. The van der Waals surface area contributed by atoms with Gasteiger partial charge in [-0.05, 0) is 119 Å². The molecule has 6 aromatic rings. The molecular weight excluding hydrogens is 556 g/mol. The van der Waals surface area contributed by atoms with Crippen LogP contribution in [0.3, 0.4) is 0 Å². The summed E-state index contributed by atoms with van der Waals surface area (Å²) < 4.78 is 38.4. The van der Waals surface area contributed by atoms with Crippen LogP contribution in [0.25, 0.3) is 22.3 Å². The molecule has 6 rings (SSSR count). The van der Waals surface area contributed by atoms with Gasteiger partial charge in [0.2, 0.25) is 9.84 Å². The van der Waals surface area contributed by atoms with Crippen molar-refractivity contribution < 1.29 is 17.9 Å². The molecule has 0 bridgehead atoms. The molecule has 0 aliphatic carbocycles. The predicted molar refractivity (Wildman–Crippen MR) is 171 cm³/mol. The Hall–Kier alpha value is -5.53. The highest BCUT2D eigenvalue weighted by molar-refractivity contribution is 7.91. The van der Waals surface area contributed by atoms with Gasteiger partial charge in [0, 0.05) is 11.4 Å². The average Bonchev–Trinajstić information content (AvgIpc) is 3.04. The Kier molecular flexibility index (Phi) is 7.56. The first-order chi connectivity index (χ1) is 20.8. The maximum Gasteiger partial charge on any atom is 0.206 e. The second-order valence-electron chi connectivity index (χ2n) is 9.94. The Balaban J connectivity index is 1.12. The summed E-state index contributed by atoms with van der Waals surface area (Å²) >= 11 is 0. The maximum absolute atomic E-state index is 13.4. The zero-order valence-electron chi connectivity index (χ0n) is 23.1. The Bertz CT molecular complexity index is 1800. The first-order valence-electron chi connectivity index (χ1n) is 13.6. The van der Waals surface area contributed by atoms with Crippen LogP contribution in [0.2, 0.25) is 0 Å². The van der Waals surface area contributed by atoms with Gasteiger partial charge in [-0.1, -0.05) is 48.5 Å². The van der Waals surface area contributed by atoms with E-state index in [4.69, 9.17) is 20.9 Å². The average molecular weight is 585 g/mol. The number of hydrogen-bond acceptors (Lipinski definition) is 6. The molecule has 6 nitrogen and oxygen atoms in total. The van der Waals surface area contributed by atoms with Crippen LogP contribution < -0.4 is 20.9 Å². The second kappa shape index (κ2) is 11.8. The van der Waals surface area contributed by atoms with Gasteiger partial charge in [-0.3, -0.25) is 0 Å². The number of nitrogens with two attached hydrogens (primary N) is 2.